The van der Waals surface area contributed by atoms with Gasteiger partial charge in [-0.05, 0) is 43.2 Å². The highest BCUT2D eigenvalue weighted by atomic mass is 32.2. The summed E-state index contributed by atoms with van der Waals surface area (Å²) in [5, 5.41) is 0. The molecule has 1 amide bonds. The third-order valence-corrected chi connectivity index (χ3v) is 7.93. The van der Waals surface area contributed by atoms with Gasteiger partial charge in [-0.3, -0.25) is 9.36 Å². The zero-order valence-corrected chi connectivity index (χ0v) is 18.7. The van der Waals surface area contributed by atoms with Crippen LogP contribution in [0.15, 0.2) is 35.5 Å². The molecule has 8 heteroatoms. The van der Waals surface area contributed by atoms with E-state index in [1.54, 1.807) is 29.1 Å². The highest BCUT2D eigenvalue weighted by molar-refractivity contribution is 7.89. The highest BCUT2D eigenvalue weighted by Gasteiger charge is 2.36. The summed E-state index contributed by atoms with van der Waals surface area (Å²) in [4.78, 5) is 19.9. The summed E-state index contributed by atoms with van der Waals surface area (Å²) >= 11 is 0. The second-order valence-corrected chi connectivity index (χ2v) is 10.8. The average molecular weight is 431 g/mol. The molecule has 162 valence electrons. The normalized spacial score (nSPS) is 21.2. The Morgan fingerprint density at radius 3 is 2.77 bits per heavy atom. The van der Waals surface area contributed by atoms with Gasteiger partial charge in [-0.25, -0.2) is 13.4 Å². The smallest absolute Gasteiger partial charge is 0.274 e. The van der Waals surface area contributed by atoms with Gasteiger partial charge < -0.3 is 4.90 Å². The third kappa shape index (κ3) is 3.78. The number of imidazole rings is 1. The van der Waals surface area contributed by atoms with Crippen molar-refractivity contribution in [3.8, 4) is 5.69 Å². The molecule has 1 unspecified atom stereocenters. The molecule has 0 bridgehead atoms. The van der Waals surface area contributed by atoms with E-state index >= 15 is 0 Å². The Labute approximate surface area is 178 Å². The lowest BCUT2D eigenvalue weighted by Gasteiger charge is -2.30. The Balaban J connectivity index is 1.78. The van der Waals surface area contributed by atoms with Crippen LogP contribution >= 0.6 is 0 Å². The molecule has 2 aromatic rings. The van der Waals surface area contributed by atoms with Gasteiger partial charge in [0.1, 0.15) is 11.2 Å². The summed E-state index contributed by atoms with van der Waals surface area (Å²) in [6, 6.07) is 6.97. The van der Waals surface area contributed by atoms with Crippen LogP contribution in [0.5, 0.6) is 0 Å². The molecular formula is C22H30N4O3S. The molecule has 0 saturated carbocycles. The fraction of sp³-hybridized carbons (Fsp3) is 0.545. The van der Waals surface area contributed by atoms with Gasteiger partial charge in [-0.15, -0.1) is 0 Å². The summed E-state index contributed by atoms with van der Waals surface area (Å²) in [6.45, 7) is 8.31. The van der Waals surface area contributed by atoms with Gasteiger partial charge in [0.2, 0.25) is 10.0 Å². The lowest BCUT2D eigenvalue weighted by atomic mass is 10.00. The molecule has 30 heavy (non-hydrogen) atoms. The van der Waals surface area contributed by atoms with E-state index < -0.39 is 10.0 Å². The molecule has 1 saturated heterocycles. The van der Waals surface area contributed by atoms with Crippen molar-refractivity contribution in [2.75, 3.05) is 19.6 Å². The number of benzene rings is 1. The predicted octanol–water partition coefficient (Wildman–Crippen LogP) is 3.29. The van der Waals surface area contributed by atoms with Crippen molar-refractivity contribution in [2.24, 2.45) is 11.8 Å². The summed E-state index contributed by atoms with van der Waals surface area (Å²) in [5.41, 5.74) is 1.57. The predicted molar refractivity (Wildman–Crippen MR) is 115 cm³/mol. The van der Waals surface area contributed by atoms with E-state index in [0.717, 1.165) is 32.4 Å². The minimum atomic E-state index is -3.67. The van der Waals surface area contributed by atoms with Crippen LogP contribution in [-0.4, -0.2) is 52.7 Å². The van der Waals surface area contributed by atoms with Crippen LogP contribution in [0.25, 0.3) is 5.69 Å². The van der Waals surface area contributed by atoms with Crippen LogP contribution in [0, 0.1) is 11.8 Å². The van der Waals surface area contributed by atoms with Crippen molar-refractivity contribution in [2.45, 2.75) is 51.5 Å². The van der Waals surface area contributed by atoms with Gasteiger partial charge in [0.05, 0.1) is 17.9 Å². The zero-order valence-electron chi connectivity index (χ0n) is 17.9. The first-order valence-corrected chi connectivity index (χ1v) is 12.2. The first kappa shape index (κ1) is 21.1. The number of fused-ring (bicyclic) bond motifs is 3. The van der Waals surface area contributed by atoms with E-state index in [2.05, 4.69) is 25.8 Å². The van der Waals surface area contributed by atoms with Crippen molar-refractivity contribution >= 4 is 15.9 Å². The molecule has 0 spiro atoms. The molecule has 2 aliphatic heterocycles. The van der Waals surface area contributed by atoms with E-state index in [0.29, 0.717) is 35.5 Å². The van der Waals surface area contributed by atoms with Crippen LogP contribution in [0.2, 0.25) is 0 Å². The van der Waals surface area contributed by atoms with Gasteiger partial charge in [0, 0.05) is 19.6 Å². The van der Waals surface area contributed by atoms with E-state index in [4.69, 9.17) is 0 Å². The van der Waals surface area contributed by atoms with Crippen molar-refractivity contribution < 1.29 is 13.2 Å². The Kier molecular flexibility index (Phi) is 5.72. The van der Waals surface area contributed by atoms with Crippen molar-refractivity contribution in [3.63, 3.8) is 0 Å². The van der Waals surface area contributed by atoms with E-state index in [-0.39, 0.29) is 17.3 Å². The number of amides is 1. The van der Waals surface area contributed by atoms with E-state index in [1.807, 2.05) is 11.0 Å². The van der Waals surface area contributed by atoms with Crippen LogP contribution < -0.4 is 0 Å². The number of carbonyl (C=O) groups is 1. The van der Waals surface area contributed by atoms with Crippen molar-refractivity contribution in [3.05, 3.63) is 42.0 Å². The maximum absolute atomic E-state index is 13.4. The molecule has 4 rings (SSSR count). The number of nitrogens with zero attached hydrogens (tertiary/aromatic N) is 4. The van der Waals surface area contributed by atoms with Gasteiger partial charge in [-0.1, -0.05) is 32.9 Å². The minimum Gasteiger partial charge on any atom is -0.337 e. The molecule has 2 aliphatic rings. The van der Waals surface area contributed by atoms with Crippen LogP contribution in [0.3, 0.4) is 0 Å². The topological polar surface area (TPSA) is 75.5 Å². The molecule has 1 atom stereocenters. The lowest BCUT2D eigenvalue weighted by Crippen LogP contribution is -2.40. The first-order chi connectivity index (χ1) is 14.3. The molecular weight excluding hydrogens is 400 g/mol. The molecule has 0 radical (unpaired) electrons. The Morgan fingerprint density at radius 2 is 2.03 bits per heavy atom. The Morgan fingerprint density at radius 1 is 1.27 bits per heavy atom. The number of sulfonamides is 1. The number of piperidine rings is 1. The summed E-state index contributed by atoms with van der Waals surface area (Å²) < 4.78 is 30.1. The number of para-hydroxylation sites is 1. The molecule has 1 aromatic heterocycles. The molecule has 3 heterocycles. The number of rotatable bonds is 4. The van der Waals surface area contributed by atoms with E-state index in [1.165, 1.54) is 4.31 Å². The lowest BCUT2D eigenvalue weighted by molar-refractivity contribution is 0.0675. The molecule has 1 fully saturated rings. The van der Waals surface area contributed by atoms with Crippen LogP contribution in [0.4, 0.5) is 0 Å². The standard InChI is InChI=1S/C22H30N4O3S/c1-16(2)10-12-25-14-19-21(22(27)24-11-6-7-17(3)13-24)23-15-26(19)18-8-4-5-9-20(18)30(25,28)29/h4-5,8-9,15-17H,6-7,10-14H2,1-3H3. The number of hydrogen-bond acceptors (Lipinski definition) is 4. The van der Waals surface area contributed by atoms with Gasteiger partial charge >= 0.3 is 0 Å². The highest BCUT2D eigenvalue weighted by Crippen LogP contribution is 2.32. The maximum Gasteiger partial charge on any atom is 0.274 e. The Hall–Kier alpha value is -2.19. The fourth-order valence-electron chi connectivity index (χ4n) is 4.30. The third-order valence-electron chi connectivity index (χ3n) is 6.04. The van der Waals surface area contributed by atoms with Gasteiger partial charge in [0.25, 0.3) is 5.91 Å². The average Bonchev–Trinajstić information content (AvgIpc) is 3.10. The second kappa shape index (κ2) is 8.15. The SMILES string of the molecule is CC(C)CCN1Cc2c(C(=O)N3CCCC(C)C3)ncn2-c2ccccc2S1(=O)=O. The monoisotopic (exact) mass is 430 g/mol. The van der Waals surface area contributed by atoms with Crippen LogP contribution in [-0.2, 0) is 16.6 Å². The summed E-state index contributed by atoms with van der Waals surface area (Å²) in [7, 11) is -3.67. The van der Waals surface area contributed by atoms with Crippen molar-refractivity contribution in [1.29, 1.82) is 0 Å². The van der Waals surface area contributed by atoms with Crippen molar-refractivity contribution in [1.82, 2.24) is 18.8 Å². The molecule has 1 aromatic carbocycles. The number of likely N-dealkylation sites (tertiary alicyclic amines) is 1. The first-order valence-electron chi connectivity index (χ1n) is 10.7. The zero-order chi connectivity index (χ0) is 21.5. The quantitative estimate of drug-likeness (QED) is 0.746. The largest absolute Gasteiger partial charge is 0.337 e. The second-order valence-electron chi connectivity index (χ2n) is 8.90. The van der Waals surface area contributed by atoms with Gasteiger partial charge in [-0.2, -0.15) is 4.31 Å². The number of hydrogen-bond donors (Lipinski definition) is 0. The Bertz CT molecular complexity index is 1040. The van der Waals surface area contributed by atoms with E-state index in [9.17, 15) is 13.2 Å². The van der Waals surface area contributed by atoms with Gasteiger partial charge in [0.15, 0.2) is 5.69 Å². The fourth-order valence-corrected chi connectivity index (χ4v) is 5.90. The minimum absolute atomic E-state index is 0.101. The number of carbonyl (C=O) groups excluding carboxylic acids is 1. The summed E-state index contributed by atoms with van der Waals surface area (Å²) in [5.74, 6) is 0.739. The molecule has 0 aliphatic carbocycles. The number of aromatic nitrogens is 2. The summed E-state index contributed by atoms with van der Waals surface area (Å²) in [6.07, 6.45) is 4.46. The molecule has 7 nitrogen and oxygen atoms in total. The maximum atomic E-state index is 13.4. The molecule has 0 N–H and O–H groups in total. The van der Waals surface area contributed by atoms with Crippen LogP contribution in [0.1, 0.15) is 56.2 Å².